The van der Waals surface area contributed by atoms with Crippen molar-refractivity contribution in [1.82, 2.24) is 4.90 Å². The predicted octanol–water partition coefficient (Wildman–Crippen LogP) is -0.289. The van der Waals surface area contributed by atoms with E-state index in [2.05, 4.69) is 18.0 Å². The van der Waals surface area contributed by atoms with Gasteiger partial charge in [-0.2, -0.15) is 0 Å². The minimum atomic E-state index is -1.50. The first-order chi connectivity index (χ1) is 15.4. The monoisotopic (exact) mass is 449 g/mol. The molecule has 0 aromatic rings. The molecule has 6 rings (SSSR count). The topological polar surface area (TPSA) is 132 Å². The van der Waals surface area contributed by atoms with Crippen molar-refractivity contribution in [3.63, 3.8) is 0 Å². The van der Waals surface area contributed by atoms with Crippen LogP contribution in [-0.4, -0.2) is 99.6 Å². The van der Waals surface area contributed by atoms with Crippen LogP contribution in [0.4, 0.5) is 0 Å². The van der Waals surface area contributed by atoms with Crippen LogP contribution in [0.2, 0.25) is 0 Å². The second kappa shape index (κ2) is 7.27. The summed E-state index contributed by atoms with van der Waals surface area (Å²) < 4.78 is 18.2. The van der Waals surface area contributed by atoms with Crippen LogP contribution in [0.25, 0.3) is 0 Å². The molecule has 10 atom stereocenters. The molecule has 3 aliphatic heterocycles. The van der Waals surface area contributed by atoms with E-state index in [0.29, 0.717) is 18.2 Å². The number of rotatable bonds is 3. The lowest BCUT2D eigenvalue weighted by Gasteiger charge is -2.57. The summed E-state index contributed by atoms with van der Waals surface area (Å²) in [6.45, 7) is 0.398. The lowest BCUT2D eigenvalue weighted by Crippen LogP contribution is -2.63. The molecule has 9 nitrogen and oxygen atoms in total. The van der Waals surface area contributed by atoms with Gasteiger partial charge in [0.1, 0.15) is 42.4 Å². The zero-order chi connectivity index (χ0) is 22.4. The average Bonchev–Trinajstić information content (AvgIpc) is 3.14. The first kappa shape index (κ1) is 21.1. The fourth-order valence-corrected chi connectivity index (χ4v) is 6.97. The molecule has 9 heteroatoms. The van der Waals surface area contributed by atoms with E-state index in [1.54, 1.807) is 0 Å². The third-order valence-corrected chi connectivity index (χ3v) is 8.58. The van der Waals surface area contributed by atoms with Crippen LogP contribution in [0, 0.1) is 11.3 Å². The summed E-state index contributed by atoms with van der Waals surface area (Å²) in [4.78, 5) is 2.41. The van der Waals surface area contributed by atoms with Gasteiger partial charge in [-0.1, -0.05) is 17.7 Å². The molecule has 32 heavy (non-hydrogen) atoms. The van der Waals surface area contributed by atoms with Crippen LogP contribution in [0.5, 0.6) is 0 Å². The Morgan fingerprint density at radius 1 is 1.16 bits per heavy atom. The van der Waals surface area contributed by atoms with Gasteiger partial charge in [0.25, 0.3) is 0 Å². The van der Waals surface area contributed by atoms with Crippen molar-refractivity contribution < 1.29 is 39.7 Å². The van der Waals surface area contributed by atoms with E-state index in [4.69, 9.17) is 14.2 Å². The highest BCUT2D eigenvalue weighted by molar-refractivity contribution is 5.52. The van der Waals surface area contributed by atoms with Gasteiger partial charge in [0.05, 0.1) is 6.61 Å². The summed E-state index contributed by atoms with van der Waals surface area (Å²) in [5, 5.41) is 50.9. The smallest absolute Gasteiger partial charge is 0.187 e. The van der Waals surface area contributed by atoms with Crippen LogP contribution < -0.4 is 0 Å². The number of ether oxygens (including phenoxy) is 3. The van der Waals surface area contributed by atoms with Gasteiger partial charge in [-0.05, 0) is 32.9 Å². The van der Waals surface area contributed by atoms with Crippen LogP contribution in [0.1, 0.15) is 25.7 Å². The Balaban J connectivity index is 1.38. The Kier molecular flexibility index (Phi) is 4.79. The van der Waals surface area contributed by atoms with E-state index in [1.807, 2.05) is 6.08 Å². The van der Waals surface area contributed by atoms with E-state index in [-0.39, 0.29) is 17.1 Å². The molecule has 0 aromatic heterocycles. The predicted molar refractivity (Wildman–Crippen MR) is 110 cm³/mol. The van der Waals surface area contributed by atoms with Crippen molar-refractivity contribution in [3.8, 4) is 0 Å². The molecule has 3 saturated heterocycles. The highest BCUT2D eigenvalue weighted by atomic mass is 16.7. The number of hydrogen-bond donors (Lipinski definition) is 5. The fraction of sp³-hybridized carbons (Fsp3) is 0.739. The van der Waals surface area contributed by atoms with E-state index in [1.165, 1.54) is 5.57 Å². The number of aliphatic hydroxyl groups is 5. The van der Waals surface area contributed by atoms with Gasteiger partial charge >= 0.3 is 0 Å². The van der Waals surface area contributed by atoms with Gasteiger partial charge in [-0.25, -0.2) is 0 Å². The zero-order valence-electron chi connectivity index (χ0n) is 18.0. The zero-order valence-corrected chi connectivity index (χ0v) is 18.0. The number of nitrogens with zero attached hydrogens (tertiary/aromatic N) is 1. The summed E-state index contributed by atoms with van der Waals surface area (Å²) >= 11 is 0. The summed E-state index contributed by atoms with van der Waals surface area (Å²) in [7, 11) is 2.16. The van der Waals surface area contributed by atoms with Crippen molar-refractivity contribution >= 4 is 0 Å². The van der Waals surface area contributed by atoms with Crippen molar-refractivity contribution in [1.29, 1.82) is 0 Å². The highest BCUT2D eigenvalue weighted by Gasteiger charge is 2.66. The van der Waals surface area contributed by atoms with Crippen molar-refractivity contribution in [2.45, 2.75) is 74.6 Å². The molecule has 1 unspecified atom stereocenters. The van der Waals surface area contributed by atoms with Gasteiger partial charge in [0.15, 0.2) is 12.0 Å². The molecule has 5 N–H and O–H groups in total. The summed E-state index contributed by atoms with van der Waals surface area (Å²) in [5.74, 6) is 1.11. The fourth-order valence-electron chi connectivity index (χ4n) is 6.97. The Labute approximate surface area is 186 Å². The third kappa shape index (κ3) is 2.64. The molecule has 0 radical (unpaired) electrons. The highest BCUT2D eigenvalue weighted by Crippen LogP contribution is 2.65. The second-order valence-corrected chi connectivity index (χ2v) is 10.0. The molecule has 0 aromatic carbocycles. The normalized spacial score (nSPS) is 49.8. The quantitative estimate of drug-likeness (QED) is 0.369. The lowest BCUT2D eigenvalue weighted by atomic mass is 9.52. The number of aliphatic hydroxyl groups excluding tert-OH is 5. The standard InChI is InChI=1S/C23H31NO8/c1-24-7-6-23-11-3-5-14(30-22-19(29)18(28)17(27)15(9-25)31-22)21(23)32-20-13(26)4-2-10(16(20)23)8-12(11)24/h3,5,11-12,14-15,17-19,21-22,25-29H,2,4,6-9H2,1H3/t11-,12+,14-,15+,17+,18-,19+,21-,22?,23-/m0/s1. The summed E-state index contributed by atoms with van der Waals surface area (Å²) in [6, 6.07) is 0.359. The number of likely N-dealkylation sites (tertiary alicyclic amines) is 1. The second-order valence-electron chi connectivity index (χ2n) is 10.0. The van der Waals surface area contributed by atoms with Gasteiger partial charge < -0.3 is 44.6 Å². The average molecular weight is 450 g/mol. The van der Waals surface area contributed by atoms with Crippen LogP contribution >= 0.6 is 0 Å². The first-order valence-electron chi connectivity index (χ1n) is 11.5. The minimum absolute atomic E-state index is 0.225. The number of hydrogen-bond acceptors (Lipinski definition) is 9. The Morgan fingerprint density at radius 3 is 2.75 bits per heavy atom. The van der Waals surface area contributed by atoms with Gasteiger partial charge in [-0.15, -0.1) is 0 Å². The maximum atomic E-state index is 10.7. The molecule has 0 saturated carbocycles. The third-order valence-electron chi connectivity index (χ3n) is 8.58. The van der Waals surface area contributed by atoms with Crippen LogP contribution in [0.15, 0.2) is 34.8 Å². The van der Waals surface area contributed by atoms with E-state index in [0.717, 1.165) is 31.4 Å². The number of allylic oxidation sites excluding steroid dienone is 2. The van der Waals surface area contributed by atoms with E-state index in [9.17, 15) is 25.5 Å². The molecule has 176 valence electrons. The van der Waals surface area contributed by atoms with Gasteiger partial charge in [0, 0.05) is 29.4 Å². The Morgan fingerprint density at radius 2 is 1.97 bits per heavy atom. The van der Waals surface area contributed by atoms with Crippen molar-refractivity contribution in [2.75, 3.05) is 20.2 Å². The molecule has 6 aliphatic rings. The molecular weight excluding hydrogens is 418 g/mol. The van der Waals surface area contributed by atoms with Crippen LogP contribution in [-0.2, 0) is 14.2 Å². The minimum Gasteiger partial charge on any atom is -0.508 e. The molecule has 3 fully saturated rings. The molecule has 2 bridgehead atoms. The molecule has 1 spiro atoms. The Bertz CT molecular complexity index is 898. The van der Waals surface area contributed by atoms with Gasteiger partial charge in [0.2, 0.25) is 0 Å². The van der Waals surface area contributed by atoms with Crippen LogP contribution in [0.3, 0.4) is 0 Å². The number of piperidine rings is 1. The van der Waals surface area contributed by atoms with Crippen molar-refractivity contribution in [2.24, 2.45) is 11.3 Å². The maximum Gasteiger partial charge on any atom is 0.187 e. The SMILES string of the molecule is CN1CC[C@]23C4=C5CCC(O)=C4O[C@H]2[C@@H](OC2O[C@H](CO)[C@@H](O)[C@H](O)[C@H]2O)C=C[C@H]3[C@H]1C5. The summed E-state index contributed by atoms with van der Waals surface area (Å²) in [6.07, 6.45) is -0.325. The van der Waals surface area contributed by atoms with E-state index < -0.39 is 49.5 Å². The van der Waals surface area contributed by atoms with Crippen molar-refractivity contribution in [3.05, 3.63) is 34.8 Å². The first-order valence-corrected chi connectivity index (χ1v) is 11.5. The molecular formula is C23H31NO8. The molecule has 3 heterocycles. The lowest BCUT2D eigenvalue weighted by molar-refractivity contribution is -0.315. The maximum absolute atomic E-state index is 10.7. The van der Waals surface area contributed by atoms with E-state index >= 15 is 0 Å². The Hall–Kier alpha value is -1.46. The summed E-state index contributed by atoms with van der Waals surface area (Å²) in [5.41, 5.74) is 2.18. The molecule has 0 amide bonds. The molecule has 3 aliphatic carbocycles. The largest absolute Gasteiger partial charge is 0.508 e. The van der Waals surface area contributed by atoms with Gasteiger partial charge in [-0.3, -0.25) is 0 Å².